The number of nitrogens with two attached hydrogens (primary N) is 1. The summed E-state index contributed by atoms with van der Waals surface area (Å²) in [5, 5.41) is 4.93. The molecule has 1 aliphatic rings. The van der Waals surface area contributed by atoms with Gasteiger partial charge in [0.2, 0.25) is 5.91 Å². The van der Waals surface area contributed by atoms with E-state index < -0.39 is 5.41 Å². The van der Waals surface area contributed by atoms with Crippen LogP contribution in [0.1, 0.15) is 35.9 Å². The summed E-state index contributed by atoms with van der Waals surface area (Å²) in [6.45, 7) is 3.87. The summed E-state index contributed by atoms with van der Waals surface area (Å²) in [6, 6.07) is 7.80. The third-order valence-corrected chi connectivity index (χ3v) is 5.77. The fourth-order valence-electron chi connectivity index (χ4n) is 2.46. The van der Waals surface area contributed by atoms with Crippen molar-refractivity contribution in [3.8, 4) is 0 Å². The minimum atomic E-state index is -0.502. The first-order valence-electron chi connectivity index (χ1n) is 6.35. The Labute approximate surface area is 130 Å². The highest BCUT2D eigenvalue weighted by atomic mass is 79.9. The Morgan fingerprint density at radius 2 is 2.10 bits per heavy atom. The molecule has 104 valence electrons. The molecule has 2 aromatic rings. The van der Waals surface area contributed by atoms with E-state index in [9.17, 15) is 4.79 Å². The van der Waals surface area contributed by atoms with Gasteiger partial charge < -0.3 is 11.1 Å². The first kappa shape index (κ1) is 13.8. The van der Waals surface area contributed by atoms with E-state index in [1.165, 1.54) is 0 Å². The number of amides is 1. The number of nitrogens with one attached hydrogen (secondary N) is 1. The molecule has 1 aromatic carbocycles. The van der Waals surface area contributed by atoms with Crippen molar-refractivity contribution >= 4 is 38.9 Å². The fraction of sp³-hybridized carbons (Fsp3) is 0.267. The van der Waals surface area contributed by atoms with Crippen molar-refractivity contribution in [3.05, 3.63) is 50.1 Å². The predicted octanol–water partition coefficient (Wildman–Crippen LogP) is 3.79. The van der Waals surface area contributed by atoms with E-state index in [2.05, 4.69) is 21.2 Å². The Balaban J connectivity index is 2.04. The molecule has 5 heteroatoms. The lowest BCUT2D eigenvalue weighted by Gasteiger charge is -2.18. The molecule has 0 radical (unpaired) electrons. The monoisotopic (exact) mass is 350 g/mol. The van der Waals surface area contributed by atoms with Crippen molar-refractivity contribution < 1.29 is 4.79 Å². The predicted molar refractivity (Wildman–Crippen MR) is 86.1 cm³/mol. The van der Waals surface area contributed by atoms with Crippen molar-refractivity contribution in [1.82, 2.24) is 0 Å². The Kier molecular flexibility index (Phi) is 3.23. The molecule has 1 atom stereocenters. The van der Waals surface area contributed by atoms with Gasteiger partial charge in [-0.15, -0.1) is 11.3 Å². The van der Waals surface area contributed by atoms with Gasteiger partial charge in [0.1, 0.15) is 0 Å². The van der Waals surface area contributed by atoms with Crippen molar-refractivity contribution in [2.75, 3.05) is 5.32 Å². The molecule has 0 aliphatic carbocycles. The van der Waals surface area contributed by atoms with Crippen molar-refractivity contribution in [3.63, 3.8) is 0 Å². The highest BCUT2D eigenvalue weighted by Gasteiger charge is 2.38. The second-order valence-electron chi connectivity index (χ2n) is 5.49. The van der Waals surface area contributed by atoms with Crippen LogP contribution in [-0.4, -0.2) is 5.91 Å². The number of hydrogen-bond donors (Lipinski definition) is 2. The van der Waals surface area contributed by atoms with Crippen LogP contribution in [0.4, 0.5) is 5.69 Å². The van der Waals surface area contributed by atoms with Crippen molar-refractivity contribution in [2.45, 2.75) is 25.3 Å². The summed E-state index contributed by atoms with van der Waals surface area (Å²) < 4.78 is 1.03. The second-order valence-corrected chi connectivity index (χ2v) is 7.30. The Bertz CT molecular complexity index is 693. The van der Waals surface area contributed by atoms with Gasteiger partial charge >= 0.3 is 0 Å². The number of carbonyl (C=O) groups excluding carboxylic acids is 1. The van der Waals surface area contributed by atoms with Gasteiger partial charge in [-0.3, -0.25) is 4.79 Å². The molecule has 20 heavy (non-hydrogen) atoms. The molecular weight excluding hydrogens is 336 g/mol. The highest BCUT2D eigenvalue weighted by molar-refractivity contribution is 9.10. The topological polar surface area (TPSA) is 55.1 Å². The van der Waals surface area contributed by atoms with Crippen LogP contribution in [0.15, 0.2) is 34.1 Å². The molecule has 3 N–H and O–H groups in total. The highest BCUT2D eigenvalue weighted by Crippen LogP contribution is 2.40. The summed E-state index contributed by atoms with van der Waals surface area (Å²) in [4.78, 5) is 13.1. The molecule has 2 heterocycles. The zero-order valence-corrected chi connectivity index (χ0v) is 13.6. The van der Waals surface area contributed by atoms with Crippen LogP contribution in [0, 0.1) is 0 Å². The van der Waals surface area contributed by atoms with E-state index in [1.54, 1.807) is 11.3 Å². The maximum Gasteiger partial charge on any atom is 0.234 e. The minimum Gasteiger partial charge on any atom is -0.325 e. The van der Waals surface area contributed by atoms with Crippen molar-refractivity contribution in [1.29, 1.82) is 0 Å². The lowest BCUT2D eigenvalue weighted by atomic mass is 9.84. The molecule has 1 amide bonds. The number of carbonyl (C=O) groups is 1. The molecule has 0 saturated heterocycles. The average molecular weight is 351 g/mol. The van der Waals surface area contributed by atoms with Gasteiger partial charge in [-0.2, -0.15) is 0 Å². The molecule has 0 saturated carbocycles. The van der Waals surface area contributed by atoms with E-state index in [1.807, 2.05) is 43.5 Å². The Hall–Kier alpha value is -1.17. The normalized spacial score (nSPS) is 17.7. The lowest BCUT2D eigenvalue weighted by molar-refractivity contribution is -0.119. The molecule has 1 aromatic heterocycles. The molecule has 1 unspecified atom stereocenters. The van der Waals surface area contributed by atoms with Crippen LogP contribution >= 0.6 is 27.3 Å². The summed E-state index contributed by atoms with van der Waals surface area (Å²) in [5.74, 6) is 0.0375. The van der Waals surface area contributed by atoms with Gasteiger partial charge in [-0.1, -0.05) is 12.1 Å². The standard InChI is InChI=1S/C15H15BrN2OS/c1-15(2)9-7-8(3-4-11(9)18-14(15)19)12(17)13-10(16)5-6-20-13/h3-7,12H,17H2,1-2H3,(H,18,19). The first-order chi connectivity index (χ1) is 9.41. The largest absolute Gasteiger partial charge is 0.325 e. The number of halogens is 1. The van der Waals surface area contributed by atoms with Crippen LogP contribution in [0.5, 0.6) is 0 Å². The van der Waals surface area contributed by atoms with Gasteiger partial charge in [-0.05, 0) is 58.4 Å². The zero-order valence-electron chi connectivity index (χ0n) is 11.2. The van der Waals surface area contributed by atoms with E-state index in [0.29, 0.717) is 0 Å². The number of fused-ring (bicyclic) bond motifs is 1. The SMILES string of the molecule is CC1(C)C(=O)Nc2ccc(C(N)c3sccc3Br)cc21. The third kappa shape index (κ3) is 2.01. The van der Waals surface area contributed by atoms with E-state index in [-0.39, 0.29) is 11.9 Å². The van der Waals surface area contributed by atoms with Gasteiger partial charge in [0, 0.05) is 15.0 Å². The fourth-order valence-corrected chi connectivity index (χ4v) is 4.11. The van der Waals surface area contributed by atoms with Gasteiger partial charge in [0.15, 0.2) is 0 Å². The number of hydrogen-bond acceptors (Lipinski definition) is 3. The molecule has 3 rings (SSSR count). The third-order valence-electron chi connectivity index (χ3n) is 3.82. The maximum atomic E-state index is 12.0. The molecule has 3 nitrogen and oxygen atoms in total. The average Bonchev–Trinajstić information content (AvgIpc) is 2.92. The molecule has 0 bridgehead atoms. The van der Waals surface area contributed by atoms with Crippen LogP contribution in [0.2, 0.25) is 0 Å². The first-order valence-corrected chi connectivity index (χ1v) is 8.03. The number of benzene rings is 1. The maximum absolute atomic E-state index is 12.0. The quantitative estimate of drug-likeness (QED) is 0.865. The lowest BCUT2D eigenvalue weighted by Crippen LogP contribution is -2.27. The summed E-state index contributed by atoms with van der Waals surface area (Å²) >= 11 is 5.15. The van der Waals surface area contributed by atoms with Gasteiger partial charge in [0.05, 0.1) is 11.5 Å². The van der Waals surface area contributed by atoms with Crippen molar-refractivity contribution in [2.24, 2.45) is 5.73 Å². The van der Waals surface area contributed by atoms with E-state index >= 15 is 0 Å². The number of thiophene rings is 1. The van der Waals surface area contributed by atoms with Crippen LogP contribution in [0.25, 0.3) is 0 Å². The van der Waals surface area contributed by atoms with Gasteiger partial charge in [-0.25, -0.2) is 0 Å². The molecule has 1 aliphatic heterocycles. The van der Waals surface area contributed by atoms with E-state index in [4.69, 9.17) is 5.73 Å². The molecule has 0 fully saturated rings. The van der Waals surface area contributed by atoms with Crippen LogP contribution in [-0.2, 0) is 10.2 Å². The van der Waals surface area contributed by atoms with Gasteiger partial charge in [0.25, 0.3) is 0 Å². The summed E-state index contributed by atoms with van der Waals surface area (Å²) in [7, 11) is 0. The van der Waals surface area contributed by atoms with Crippen LogP contribution in [0.3, 0.4) is 0 Å². The van der Waals surface area contributed by atoms with E-state index in [0.717, 1.165) is 26.2 Å². The van der Waals surface area contributed by atoms with Crippen LogP contribution < -0.4 is 11.1 Å². The molecule has 0 spiro atoms. The Morgan fingerprint density at radius 3 is 2.75 bits per heavy atom. The number of anilines is 1. The molecular formula is C15H15BrN2OS. The number of rotatable bonds is 2. The summed E-state index contributed by atoms with van der Waals surface area (Å²) in [6.07, 6.45) is 0. The second kappa shape index (κ2) is 4.69. The Morgan fingerprint density at radius 1 is 1.35 bits per heavy atom. The smallest absolute Gasteiger partial charge is 0.234 e. The summed E-state index contributed by atoms with van der Waals surface area (Å²) in [5.41, 5.74) is 8.78. The minimum absolute atomic E-state index is 0.0375. The zero-order chi connectivity index (χ0) is 14.5.